The number of carbonyl (C=O) groups excluding carboxylic acids is 1. The molecule has 4 heterocycles. The first-order valence-corrected chi connectivity index (χ1v) is 14.4. The van der Waals surface area contributed by atoms with Gasteiger partial charge >= 0.3 is 11.9 Å². The highest BCUT2D eigenvalue weighted by molar-refractivity contribution is 7.99. The maximum atomic E-state index is 14.8. The summed E-state index contributed by atoms with van der Waals surface area (Å²) >= 11 is 1.21. The molecule has 0 radical (unpaired) electrons. The number of amides is 1. The van der Waals surface area contributed by atoms with Gasteiger partial charge in [0, 0.05) is 66.3 Å². The highest BCUT2D eigenvalue weighted by Gasteiger charge is 2.40. The fraction of sp³-hybridized carbons (Fsp3) is 0.464. The Labute approximate surface area is 232 Å². The molecule has 6 rings (SSSR count). The van der Waals surface area contributed by atoms with Crippen molar-refractivity contribution in [3.63, 3.8) is 0 Å². The average Bonchev–Trinajstić information content (AvgIpc) is 3.21. The van der Waals surface area contributed by atoms with Crippen LogP contribution in [0.5, 0.6) is 0 Å². The summed E-state index contributed by atoms with van der Waals surface area (Å²) in [6, 6.07) is 5.73. The number of alkyl halides is 3. The molecule has 0 bridgehead atoms. The minimum Gasteiger partial charge on any atom is -0.353 e. The molecule has 3 aromatic rings. The molecular formula is C28H29F4N5O2S. The molecule has 40 heavy (non-hydrogen) atoms. The van der Waals surface area contributed by atoms with E-state index in [1.54, 1.807) is 4.90 Å². The van der Waals surface area contributed by atoms with Crippen molar-refractivity contribution < 1.29 is 22.4 Å². The molecule has 1 N–H and O–H groups in total. The summed E-state index contributed by atoms with van der Waals surface area (Å²) < 4.78 is 59.6. The van der Waals surface area contributed by atoms with Crippen LogP contribution in [0.25, 0.3) is 22.0 Å². The molecule has 3 aliphatic rings. The van der Waals surface area contributed by atoms with Gasteiger partial charge in [0.2, 0.25) is 5.91 Å². The van der Waals surface area contributed by atoms with Crippen LogP contribution in [0.2, 0.25) is 0 Å². The van der Waals surface area contributed by atoms with Crippen LogP contribution in [0.15, 0.2) is 40.0 Å². The van der Waals surface area contributed by atoms with Crippen molar-refractivity contribution >= 4 is 34.4 Å². The zero-order valence-corrected chi connectivity index (χ0v) is 22.9. The van der Waals surface area contributed by atoms with Crippen molar-refractivity contribution in [2.45, 2.75) is 62.4 Å². The second-order valence-corrected chi connectivity index (χ2v) is 11.9. The Morgan fingerprint density at radius 2 is 1.75 bits per heavy atom. The lowest BCUT2D eigenvalue weighted by Crippen LogP contribution is -2.55. The molecule has 0 unspecified atom stereocenters. The second-order valence-electron chi connectivity index (χ2n) is 10.9. The van der Waals surface area contributed by atoms with Gasteiger partial charge < -0.3 is 15.1 Å². The van der Waals surface area contributed by atoms with Gasteiger partial charge in [0.05, 0.1) is 17.1 Å². The minimum absolute atomic E-state index is 0.0241. The Bertz CT molecular complexity index is 1530. The number of likely N-dealkylation sites (tertiary alicyclic amines) is 1. The Morgan fingerprint density at radius 3 is 2.38 bits per heavy atom. The highest BCUT2D eigenvalue weighted by Crippen LogP contribution is 2.48. The largest absolute Gasteiger partial charge is 0.417 e. The number of carbonyl (C=O) groups is 1. The van der Waals surface area contributed by atoms with Crippen LogP contribution >= 0.6 is 11.8 Å². The number of hydrogen-bond donors (Lipinski definition) is 1. The number of benzene rings is 2. The molecule has 7 nitrogen and oxygen atoms in total. The van der Waals surface area contributed by atoms with Crippen molar-refractivity contribution in [3.8, 4) is 11.1 Å². The van der Waals surface area contributed by atoms with Crippen LogP contribution < -0.4 is 15.9 Å². The third-order valence-electron chi connectivity index (χ3n) is 7.86. The van der Waals surface area contributed by atoms with E-state index >= 15 is 0 Å². The first-order chi connectivity index (χ1) is 19.0. The van der Waals surface area contributed by atoms with E-state index in [1.165, 1.54) is 28.5 Å². The average molecular weight is 576 g/mol. The first kappa shape index (κ1) is 27.1. The van der Waals surface area contributed by atoms with Crippen molar-refractivity contribution in [3.05, 3.63) is 52.2 Å². The Kier molecular flexibility index (Phi) is 6.81. The molecule has 1 aromatic heterocycles. The monoisotopic (exact) mass is 575 g/mol. The van der Waals surface area contributed by atoms with Gasteiger partial charge in [-0.3, -0.25) is 9.36 Å². The number of halogens is 4. The third-order valence-corrected chi connectivity index (χ3v) is 9.10. The molecule has 0 saturated carbocycles. The summed E-state index contributed by atoms with van der Waals surface area (Å²) in [5.74, 6) is -0.0437. The van der Waals surface area contributed by atoms with Crippen LogP contribution in [-0.4, -0.2) is 63.9 Å². The lowest BCUT2D eigenvalue weighted by Gasteiger charge is -2.37. The summed E-state index contributed by atoms with van der Waals surface area (Å²) in [5.41, 5.74) is -0.942. The standard InChI is InChI=1S/C28H29F4N5O2S/c1-15-11-35(12-16(2)33-15)26-20-10-21(28(30,31)32)23(17-5-7-18(29)8-6-17)25-24(20)37(27(39)34-26)13-19(14-40-25)36-9-3-4-22(36)38/h5-8,10,15-16,19,33H,3-4,9,11-14H2,1-2H3/t15-,16+,19-/m0/s1. The van der Waals surface area contributed by atoms with E-state index in [2.05, 4.69) is 10.3 Å². The zero-order chi connectivity index (χ0) is 28.3. The summed E-state index contributed by atoms with van der Waals surface area (Å²) in [6.45, 7) is 5.59. The maximum absolute atomic E-state index is 14.8. The van der Waals surface area contributed by atoms with Gasteiger partial charge in [0.15, 0.2) is 0 Å². The van der Waals surface area contributed by atoms with Crippen molar-refractivity contribution in [1.29, 1.82) is 0 Å². The summed E-state index contributed by atoms with van der Waals surface area (Å²) in [6.07, 6.45) is -3.62. The lowest BCUT2D eigenvalue weighted by atomic mass is 9.96. The van der Waals surface area contributed by atoms with Crippen LogP contribution in [0.1, 0.15) is 32.3 Å². The van der Waals surface area contributed by atoms with Crippen LogP contribution in [0, 0.1) is 5.82 Å². The van der Waals surface area contributed by atoms with Gasteiger partial charge in [-0.2, -0.15) is 18.2 Å². The van der Waals surface area contributed by atoms with Crippen LogP contribution in [-0.2, 0) is 17.5 Å². The quantitative estimate of drug-likeness (QED) is 0.464. The Morgan fingerprint density at radius 1 is 1.05 bits per heavy atom. The van der Waals surface area contributed by atoms with Crippen molar-refractivity contribution in [2.24, 2.45) is 0 Å². The predicted octanol–water partition coefficient (Wildman–Crippen LogP) is 4.50. The number of nitrogens with one attached hydrogen (secondary N) is 1. The fourth-order valence-corrected chi connectivity index (χ4v) is 7.63. The van der Waals surface area contributed by atoms with E-state index in [0.717, 1.165) is 18.2 Å². The highest BCUT2D eigenvalue weighted by atomic mass is 32.2. The molecule has 0 aliphatic carbocycles. The topological polar surface area (TPSA) is 70.5 Å². The predicted molar refractivity (Wildman–Crippen MR) is 146 cm³/mol. The molecule has 0 spiro atoms. The third kappa shape index (κ3) is 4.74. The fourth-order valence-electron chi connectivity index (χ4n) is 6.26. The molecule has 3 atom stereocenters. The van der Waals surface area contributed by atoms with Crippen LogP contribution in [0.4, 0.5) is 23.4 Å². The lowest BCUT2D eigenvalue weighted by molar-refractivity contribution is -0.137. The van der Waals surface area contributed by atoms with Crippen molar-refractivity contribution in [2.75, 3.05) is 30.3 Å². The zero-order valence-electron chi connectivity index (χ0n) is 22.1. The number of rotatable bonds is 3. The molecular weight excluding hydrogens is 546 g/mol. The molecule has 2 saturated heterocycles. The molecule has 3 aliphatic heterocycles. The Hall–Kier alpha value is -3.12. The van der Waals surface area contributed by atoms with Crippen molar-refractivity contribution in [1.82, 2.24) is 19.8 Å². The molecule has 212 valence electrons. The van der Waals surface area contributed by atoms with Gasteiger partial charge in [0.25, 0.3) is 0 Å². The van der Waals surface area contributed by atoms with Gasteiger partial charge in [-0.25, -0.2) is 9.18 Å². The molecule has 2 fully saturated rings. The van der Waals surface area contributed by atoms with E-state index < -0.39 is 23.2 Å². The normalized spacial score (nSPS) is 23.6. The number of anilines is 1. The number of hydrogen-bond acceptors (Lipinski definition) is 6. The van der Waals surface area contributed by atoms with Gasteiger partial charge in [0.1, 0.15) is 11.6 Å². The first-order valence-electron chi connectivity index (χ1n) is 13.4. The Balaban J connectivity index is 1.66. The summed E-state index contributed by atoms with van der Waals surface area (Å²) in [4.78, 5) is 34.6. The molecule has 12 heteroatoms. The van der Waals surface area contributed by atoms with E-state index in [1.807, 2.05) is 18.7 Å². The van der Waals surface area contributed by atoms with E-state index in [0.29, 0.717) is 48.6 Å². The molecule has 1 amide bonds. The van der Waals surface area contributed by atoms with Gasteiger partial charge in [-0.1, -0.05) is 12.1 Å². The maximum Gasteiger partial charge on any atom is 0.417 e. The summed E-state index contributed by atoms with van der Waals surface area (Å²) in [7, 11) is 0. The van der Waals surface area contributed by atoms with Gasteiger partial charge in [-0.05, 0) is 44.0 Å². The van der Waals surface area contributed by atoms with Gasteiger partial charge in [-0.15, -0.1) is 11.8 Å². The smallest absolute Gasteiger partial charge is 0.353 e. The SMILES string of the molecule is C[C@@H]1CN(c2nc(=O)n3c4c(c(-c5ccc(F)cc5)c(C(F)(F)F)cc24)SC[C@@H](N2CCCC2=O)C3)C[C@H](C)N1. The minimum atomic E-state index is -4.73. The van der Waals surface area contributed by atoms with E-state index in [9.17, 15) is 27.2 Å². The second kappa shape index (κ2) is 10.1. The van der Waals surface area contributed by atoms with E-state index in [4.69, 9.17) is 0 Å². The number of nitrogens with zero attached hydrogens (tertiary/aromatic N) is 4. The number of thioether (sulfide) groups is 1. The summed E-state index contributed by atoms with van der Waals surface area (Å²) in [5, 5.41) is 3.65. The van der Waals surface area contributed by atoms with Crippen LogP contribution in [0.3, 0.4) is 0 Å². The number of aromatic nitrogens is 2. The number of piperazine rings is 1. The molecule has 2 aromatic carbocycles. The van der Waals surface area contributed by atoms with E-state index in [-0.39, 0.29) is 52.9 Å².